The third-order valence-corrected chi connectivity index (χ3v) is 5.69. The molecule has 1 N–H and O–H groups in total. The van der Waals surface area contributed by atoms with Gasteiger partial charge >= 0.3 is 0 Å². The van der Waals surface area contributed by atoms with Gasteiger partial charge in [-0.2, -0.15) is 0 Å². The lowest BCUT2D eigenvalue weighted by Crippen LogP contribution is -2.42. The number of rotatable bonds is 6. The van der Waals surface area contributed by atoms with Crippen molar-refractivity contribution in [2.45, 2.75) is 38.8 Å². The Labute approximate surface area is 192 Å². The van der Waals surface area contributed by atoms with E-state index in [-0.39, 0.29) is 23.7 Å². The summed E-state index contributed by atoms with van der Waals surface area (Å²) in [4.78, 5) is 32.2. The SMILES string of the molecule is CC(C)NC(=O)c1cc(C2CN(C(=O)CCc3ccc(F)cc3)CCO2)nc2ccccc12. The van der Waals surface area contributed by atoms with Gasteiger partial charge in [-0.1, -0.05) is 30.3 Å². The van der Waals surface area contributed by atoms with Crippen LogP contribution in [0, 0.1) is 5.82 Å². The molecule has 7 heteroatoms. The lowest BCUT2D eigenvalue weighted by Gasteiger charge is -2.33. The van der Waals surface area contributed by atoms with Crippen molar-refractivity contribution in [1.82, 2.24) is 15.2 Å². The number of aryl methyl sites for hydroxylation is 1. The third-order valence-electron chi connectivity index (χ3n) is 5.69. The number of hydrogen-bond acceptors (Lipinski definition) is 4. The summed E-state index contributed by atoms with van der Waals surface area (Å²) < 4.78 is 19.1. The van der Waals surface area contributed by atoms with Crippen LogP contribution in [0.25, 0.3) is 10.9 Å². The van der Waals surface area contributed by atoms with Gasteiger partial charge in [-0.05, 0) is 50.1 Å². The summed E-state index contributed by atoms with van der Waals surface area (Å²) in [7, 11) is 0. The Morgan fingerprint density at radius 1 is 1.18 bits per heavy atom. The molecule has 33 heavy (non-hydrogen) atoms. The summed E-state index contributed by atoms with van der Waals surface area (Å²) >= 11 is 0. The molecule has 2 heterocycles. The van der Waals surface area contributed by atoms with Gasteiger partial charge in [0.15, 0.2) is 0 Å². The van der Waals surface area contributed by atoms with E-state index in [2.05, 4.69) is 5.32 Å². The Bertz CT molecular complexity index is 1150. The minimum atomic E-state index is -0.413. The quantitative estimate of drug-likeness (QED) is 0.617. The molecule has 0 spiro atoms. The monoisotopic (exact) mass is 449 g/mol. The molecule has 1 aromatic heterocycles. The van der Waals surface area contributed by atoms with E-state index in [0.717, 1.165) is 10.9 Å². The van der Waals surface area contributed by atoms with Crippen LogP contribution in [0.15, 0.2) is 54.6 Å². The van der Waals surface area contributed by atoms with Crippen LogP contribution in [0.5, 0.6) is 0 Å². The number of nitrogens with one attached hydrogen (secondary N) is 1. The maximum Gasteiger partial charge on any atom is 0.252 e. The Hall–Kier alpha value is -3.32. The van der Waals surface area contributed by atoms with E-state index in [1.165, 1.54) is 12.1 Å². The van der Waals surface area contributed by atoms with Gasteiger partial charge < -0.3 is 15.0 Å². The topological polar surface area (TPSA) is 71.5 Å². The minimum absolute atomic E-state index is 0.00743. The number of nitrogens with zero attached hydrogens (tertiary/aromatic N) is 2. The number of carbonyl (C=O) groups is 2. The van der Waals surface area contributed by atoms with E-state index >= 15 is 0 Å². The first-order valence-electron chi connectivity index (χ1n) is 11.2. The highest BCUT2D eigenvalue weighted by Gasteiger charge is 2.27. The van der Waals surface area contributed by atoms with E-state index in [0.29, 0.717) is 49.3 Å². The molecule has 1 atom stereocenters. The number of aromatic nitrogens is 1. The maximum absolute atomic E-state index is 13.1. The van der Waals surface area contributed by atoms with Crippen LogP contribution >= 0.6 is 0 Å². The molecule has 1 aliphatic heterocycles. The average molecular weight is 450 g/mol. The van der Waals surface area contributed by atoms with Crippen LogP contribution in [0.2, 0.25) is 0 Å². The molecular formula is C26H28FN3O3. The summed E-state index contributed by atoms with van der Waals surface area (Å²) in [5, 5.41) is 3.73. The number of benzene rings is 2. The second kappa shape index (κ2) is 10.1. The van der Waals surface area contributed by atoms with Crippen molar-refractivity contribution in [3.05, 3.63) is 77.2 Å². The summed E-state index contributed by atoms with van der Waals surface area (Å²) in [6.07, 6.45) is 0.476. The van der Waals surface area contributed by atoms with Gasteiger partial charge in [-0.15, -0.1) is 0 Å². The molecule has 2 aromatic carbocycles. The summed E-state index contributed by atoms with van der Waals surface area (Å²) in [6.45, 7) is 5.12. The van der Waals surface area contributed by atoms with Crippen LogP contribution in [0.1, 0.15) is 48.0 Å². The maximum atomic E-state index is 13.1. The van der Waals surface area contributed by atoms with Gasteiger partial charge in [0.2, 0.25) is 5.91 Å². The molecule has 1 fully saturated rings. The van der Waals surface area contributed by atoms with Gasteiger partial charge in [0, 0.05) is 24.4 Å². The fraction of sp³-hybridized carbons (Fsp3) is 0.346. The van der Waals surface area contributed by atoms with E-state index in [1.807, 2.05) is 38.1 Å². The number of pyridine rings is 1. The second-order valence-electron chi connectivity index (χ2n) is 8.57. The first-order chi connectivity index (χ1) is 15.9. The molecule has 0 radical (unpaired) electrons. The zero-order chi connectivity index (χ0) is 23.4. The number of halogens is 1. The summed E-state index contributed by atoms with van der Waals surface area (Å²) in [6, 6.07) is 15.5. The standard InChI is InChI=1S/C26H28FN3O3/c1-17(2)28-26(32)21-15-23(29-22-6-4-3-5-20(21)22)24-16-30(13-14-33-24)25(31)12-9-18-7-10-19(27)11-8-18/h3-8,10-11,15,17,24H,9,12-14,16H2,1-2H3,(H,28,32). The molecule has 4 rings (SSSR count). The van der Waals surface area contributed by atoms with Crippen molar-refractivity contribution in [3.63, 3.8) is 0 Å². The Morgan fingerprint density at radius 3 is 2.70 bits per heavy atom. The number of para-hydroxylation sites is 1. The predicted molar refractivity (Wildman–Crippen MR) is 124 cm³/mol. The lowest BCUT2D eigenvalue weighted by molar-refractivity contribution is -0.139. The Morgan fingerprint density at radius 2 is 1.94 bits per heavy atom. The molecule has 6 nitrogen and oxygen atoms in total. The van der Waals surface area contributed by atoms with Crippen molar-refractivity contribution in [2.24, 2.45) is 0 Å². The first-order valence-corrected chi connectivity index (χ1v) is 11.2. The van der Waals surface area contributed by atoms with Gasteiger partial charge in [-0.25, -0.2) is 9.37 Å². The van der Waals surface area contributed by atoms with Gasteiger partial charge in [-0.3, -0.25) is 9.59 Å². The minimum Gasteiger partial charge on any atom is -0.368 e. The van der Waals surface area contributed by atoms with Crippen LogP contribution in [-0.2, 0) is 16.0 Å². The normalized spacial score (nSPS) is 16.2. The fourth-order valence-corrected chi connectivity index (χ4v) is 4.00. The van der Waals surface area contributed by atoms with Gasteiger partial charge in [0.25, 0.3) is 5.91 Å². The Balaban J connectivity index is 1.51. The number of morpholine rings is 1. The van der Waals surface area contributed by atoms with Crippen molar-refractivity contribution in [3.8, 4) is 0 Å². The average Bonchev–Trinajstić information content (AvgIpc) is 2.82. The van der Waals surface area contributed by atoms with Crippen LogP contribution < -0.4 is 5.32 Å². The number of ether oxygens (including phenoxy) is 1. The number of fused-ring (bicyclic) bond motifs is 1. The van der Waals surface area contributed by atoms with Gasteiger partial charge in [0.1, 0.15) is 11.9 Å². The van der Waals surface area contributed by atoms with Crippen LogP contribution in [-0.4, -0.2) is 47.4 Å². The zero-order valence-electron chi connectivity index (χ0n) is 18.9. The molecule has 1 saturated heterocycles. The highest BCUT2D eigenvalue weighted by Crippen LogP contribution is 2.26. The molecular weight excluding hydrogens is 421 g/mol. The zero-order valence-corrected chi connectivity index (χ0v) is 18.9. The van der Waals surface area contributed by atoms with Crippen LogP contribution in [0.3, 0.4) is 0 Å². The van der Waals surface area contributed by atoms with Crippen LogP contribution in [0.4, 0.5) is 4.39 Å². The summed E-state index contributed by atoms with van der Waals surface area (Å²) in [5.41, 5.74) is 2.82. The van der Waals surface area contributed by atoms with Gasteiger partial charge in [0.05, 0.1) is 29.9 Å². The molecule has 172 valence electrons. The second-order valence-corrected chi connectivity index (χ2v) is 8.57. The molecule has 1 aliphatic rings. The summed E-state index contributed by atoms with van der Waals surface area (Å²) in [5.74, 6) is -0.426. The van der Waals surface area contributed by atoms with E-state index in [9.17, 15) is 14.0 Å². The van der Waals surface area contributed by atoms with E-state index in [4.69, 9.17) is 9.72 Å². The highest BCUT2D eigenvalue weighted by molar-refractivity contribution is 6.06. The predicted octanol–water partition coefficient (Wildman–Crippen LogP) is 4.04. The molecule has 1 unspecified atom stereocenters. The molecule has 0 saturated carbocycles. The Kier molecular flexibility index (Phi) is 6.99. The number of carbonyl (C=O) groups excluding carboxylic acids is 2. The molecule has 2 amide bonds. The number of amides is 2. The fourth-order valence-electron chi connectivity index (χ4n) is 4.00. The lowest BCUT2D eigenvalue weighted by atomic mass is 10.0. The third kappa shape index (κ3) is 5.54. The number of hydrogen-bond donors (Lipinski definition) is 1. The van der Waals surface area contributed by atoms with E-state index < -0.39 is 6.10 Å². The van der Waals surface area contributed by atoms with Crippen molar-refractivity contribution >= 4 is 22.7 Å². The van der Waals surface area contributed by atoms with Crippen molar-refractivity contribution in [1.29, 1.82) is 0 Å². The molecule has 0 aliphatic carbocycles. The molecule has 0 bridgehead atoms. The van der Waals surface area contributed by atoms with Crippen molar-refractivity contribution in [2.75, 3.05) is 19.7 Å². The first kappa shape index (κ1) is 22.9. The van der Waals surface area contributed by atoms with Crippen molar-refractivity contribution < 1.29 is 18.7 Å². The smallest absolute Gasteiger partial charge is 0.252 e. The highest BCUT2D eigenvalue weighted by atomic mass is 19.1. The largest absolute Gasteiger partial charge is 0.368 e. The van der Waals surface area contributed by atoms with E-state index in [1.54, 1.807) is 23.1 Å². The molecule has 3 aromatic rings.